The van der Waals surface area contributed by atoms with E-state index < -0.39 is 0 Å². The van der Waals surface area contributed by atoms with Crippen LogP contribution in [-0.2, 0) is 4.79 Å². The number of phenolic OH excluding ortho intramolecular Hbond substituents is 1. The first-order valence-electron chi connectivity index (χ1n) is 6.29. The van der Waals surface area contributed by atoms with Crippen LogP contribution in [0.25, 0.3) is 0 Å². The van der Waals surface area contributed by atoms with Crippen molar-refractivity contribution in [2.75, 3.05) is 5.32 Å². The van der Waals surface area contributed by atoms with Crippen LogP contribution in [0, 0.1) is 0 Å². The molecule has 3 nitrogen and oxygen atoms in total. The van der Waals surface area contributed by atoms with Crippen LogP contribution >= 0.6 is 0 Å². The van der Waals surface area contributed by atoms with Gasteiger partial charge in [0.2, 0.25) is 5.91 Å². The van der Waals surface area contributed by atoms with Crippen molar-refractivity contribution in [2.24, 2.45) is 0 Å². The van der Waals surface area contributed by atoms with Gasteiger partial charge in [-0.1, -0.05) is 49.4 Å². The first kappa shape index (κ1) is 13.1. The highest BCUT2D eigenvalue weighted by Crippen LogP contribution is 2.23. The zero-order valence-corrected chi connectivity index (χ0v) is 10.8. The normalized spacial score (nSPS) is 11.8. The number of amides is 1. The molecule has 0 unspecified atom stereocenters. The van der Waals surface area contributed by atoms with Crippen molar-refractivity contribution in [2.45, 2.75) is 19.3 Å². The third-order valence-corrected chi connectivity index (χ3v) is 3.04. The van der Waals surface area contributed by atoms with E-state index in [1.165, 1.54) is 0 Å². The second-order valence-corrected chi connectivity index (χ2v) is 4.58. The first-order chi connectivity index (χ1) is 9.16. The van der Waals surface area contributed by atoms with Crippen LogP contribution in [0.3, 0.4) is 0 Å². The molecule has 0 bridgehead atoms. The van der Waals surface area contributed by atoms with E-state index in [0.29, 0.717) is 12.1 Å². The maximum absolute atomic E-state index is 11.9. The fourth-order valence-electron chi connectivity index (χ4n) is 1.96. The van der Waals surface area contributed by atoms with Gasteiger partial charge in [0.25, 0.3) is 0 Å². The monoisotopic (exact) mass is 255 g/mol. The minimum absolute atomic E-state index is 0.0863. The number of nitrogens with one attached hydrogen (secondary N) is 1. The third-order valence-electron chi connectivity index (χ3n) is 3.04. The molecule has 0 aliphatic heterocycles. The van der Waals surface area contributed by atoms with E-state index >= 15 is 0 Å². The summed E-state index contributed by atoms with van der Waals surface area (Å²) < 4.78 is 0. The van der Waals surface area contributed by atoms with Crippen LogP contribution in [0.1, 0.15) is 24.8 Å². The van der Waals surface area contributed by atoms with E-state index in [-0.39, 0.29) is 17.6 Å². The fourth-order valence-corrected chi connectivity index (χ4v) is 1.96. The van der Waals surface area contributed by atoms with Crippen LogP contribution < -0.4 is 5.32 Å². The van der Waals surface area contributed by atoms with E-state index in [0.717, 1.165) is 5.56 Å². The lowest BCUT2D eigenvalue weighted by molar-refractivity contribution is -0.116. The minimum atomic E-state index is -0.0992. The molecule has 2 aromatic rings. The molecule has 0 saturated heterocycles. The number of benzene rings is 2. The minimum Gasteiger partial charge on any atom is -0.506 e. The van der Waals surface area contributed by atoms with Gasteiger partial charge in [0, 0.05) is 6.42 Å². The molecular formula is C16H17NO2. The van der Waals surface area contributed by atoms with Crippen LogP contribution in [0.2, 0.25) is 0 Å². The molecule has 3 heteroatoms. The number of hydrogen-bond acceptors (Lipinski definition) is 2. The highest BCUT2D eigenvalue weighted by atomic mass is 16.3. The van der Waals surface area contributed by atoms with Gasteiger partial charge in [-0.15, -0.1) is 0 Å². The van der Waals surface area contributed by atoms with Gasteiger partial charge in [0.05, 0.1) is 5.69 Å². The molecule has 0 spiro atoms. The van der Waals surface area contributed by atoms with Gasteiger partial charge in [-0.05, 0) is 23.6 Å². The Morgan fingerprint density at radius 2 is 1.74 bits per heavy atom. The molecule has 98 valence electrons. The molecule has 0 saturated carbocycles. The van der Waals surface area contributed by atoms with Gasteiger partial charge >= 0.3 is 0 Å². The summed E-state index contributed by atoms with van der Waals surface area (Å²) in [6.45, 7) is 2.01. The average Bonchev–Trinajstić information content (AvgIpc) is 2.42. The number of rotatable bonds is 4. The Labute approximate surface area is 112 Å². The number of carbonyl (C=O) groups is 1. The summed E-state index contributed by atoms with van der Waals surface area (Å²) >= 11 is 0. The van der Waals surface area contributed by atoms with Crippen molar-refractivity contribution in [1.82, 2.24) is 0 Å². The molecule has 0 fully saturated rings. The van der Waals surface area contributed by atoms with E-state index in [1.807, 2.05) is 37.3 Å². The number of phenols is 1. The Morgan fingerprint density at radius 1 is 1.11 bits per heavy atom. The standard InChI is InChI=1S/C16H17NO2/c1-12(13-7-3-2-4-8-13)11-16(19)17-14-9-5-6-10-15(14)18/h2-10,12,18H,11H2,1H3,(H,17,19)/t12-/m1/s1. The number of aromatic hydroxyl groups is 1. The smallest absolute Gasteiger partial charge is 0.225 e. The maximum Gasteiger partial charge on any atom is 0.225 e. The van der Waals surface area contributed by atoms with E-state index in [4.69, 9.17) is 0 Å². The molecule has 0 radical (unpaired) electrons. The van der Waals surface area contributed by atoms with Gasteiger partial charge in [-0.25, -0.2) is 0 Å². The quantitative estimate of drug-likeness (QED) is 0.821. The van der Waals surface area contributed by atoms with E-state index in [1.54, 1.807) is 24.3 Å². The van der Waals surface area contributed by atoms with Crippen LogP contribution in [-0.4, -0.2) is 11.0 Å². The van der Waals surface area contributed by atoms with Gasteiger partial charge in [0.15, 0.2) is 0 Å². The molecule has 0 aromatic heterocycles. The van der Waals surface area contributed by atoms with Crippen LogP contribution in [0.5, 0.6) is 5.75 Å². The predicted molar refractivity (Wildman–Crippen MR) is 76.2 cm³/mol. The lowest BCUT2D eigenvalue weighted by Gasteiger charge is -2.12. The molecule has 1 amide bonds. The summed E-state index contributed by atoms with van der Waals surface area (Å²) in [4.78, 5) is 11.9. The Bertz CT molecular complexity index is 552. The van der Waals surface area contributed by atoms with Crippen LogP contribution in [0.15, 0.2) is 54.6 Å². The van der Waals surface area contributed by atoms with Gasteiger partial charge < -0.3 is 10.4 Å². The molecule has 2 aromatic carbocycles. The summed E-state index contributed by atoms with van der Waals surface area (Å²) in [5.41, 5.74) is 1.59. The molecule has 0 aliphatic carbocycles. The summed E-state index contributed by atoms with van der Waals surface area (Å²) in [6.07, 6.45) is 0.387. The van der Waals surface area contributed by atoms with Crippen molar-refractivity contribution in [3.63, 3.8) is 0 Å². The zero-order chi connectivity index (χ0) is 13.7. The van der Waals surface area contributed by atoms with Crippen molar-refractivity contribution in [3.05, 3.63) is 60.2 Å². The molecule has 1 atom stereocenters. The lowest BCUT2D eigenvalue weighted by atomic mass is 9.97. The van der Waals surface area contributed by atoms with Crippen molar-refractivity contribution in [3.8, 4) is 5.75 Å². The summed E-state index contributed by atoms with van der Waals surface area (Å²) in [7, 11) is 0. The molecule has 0 aliphatic rings. The van der Waals surface area contributed by atoms with Crippen molar-refractivity contribution < 1.29 is 9.90 Å². The lowest BCUT2D eigenvalue weighted by Crippen LogP contribution is -2.14. The Morgan fingerprint density at radius 3 is 2.42 bits per heavy atom. The first-order valence-corrected chi connectivity index (χ1v) is 6.29. The largest absolute Gasteiger partial charge is 0.506 e. The van der Waals surface area contributed by atoms with Crippen LogP contribution in [0.4, 0.5) is 5.69 Å². The summed E-state index contributed by atoms with van der Waals surface area (Å²) in [6, 6.07) is 16.6. The van der Waals surface area contributed by atoms with Crippen molar-refractivity contribution in [1.29, 1.82) is 0 Å². The summed E-state index contributed by atoms with van der Waals surface area (Å²) in [5, 5.41) is 12.3. The molecule has 2 N–H and O–H groups in total. The Balaban J connectivity index is 1.97. The molecule has 2 rings (SSSR count). The molecule has 19 heavy (non-hydrogen) atoms. The maximum atomic E-state index is 11.9. The second kappa shape index (κ2) is 6.05. The van der Waals surface area contributed by atoms with Gasteiger partial charge in [0.1, 0.15) is 5.75 Å². The average molecular weight is 255 g/mol. The number of anilines is 1. The van der Waals surface area contributed by atoms with Gasteiger partial charge in [-0.2, -0.15) is 0 Å². The van der Waals surface area contributed by atoms with E-state index in [9.17, 15) is 9.90 Å². The number of carbonyl (C=O) groups excluding carboxylic acids is 1. The molecular weight excluding hydrogens is 238 g/mol. The topological polar surface area (TPSA) is 49.3 Å². The van der Waals surface area contributed by atoms with Crippen molar-refractivity contribution >= 4 is 11.6 Å². The number of para-hydroxylation sites is 2. The SMILES string of the molecule is C[C@H](CC(=O)Nc1ccccc1O)c1ccccc1. The zero-order valence-electron chi connectivity index (χ0n) is 10.8. The third kappa shape index (κ3) is 3.58. The Hall–Kier alpha value is -2.29. The number of hydrogen-bond donors (Lipinski definition) is 2. The van der Waals surface area contributed by atoms with Gasteiger partial charge in [-0.3, -0.25) is 4.79 Å². The Kier molecular flexibility index (Phi) is 4.18. The van der Waals surface area contributed by atoms with E-state index in [2.05, 4.69) is 5.32 Å². The second-order valence-electron chi connectivity index (χ2n) is 4.58. The fraction of sp³-hybridized carbons (Fsp3) is 0.188. The predicted octanol–water partition coefficient (Wildman–Crippen LogP) is 3.52. The highest BCUT2D eigenvalue weighted by molar-refractivity contribution is 5.92. The molecule has 0 heterocycles. The highest BCUT2D eigenvalue weighted by Gasteiger charge is 2.12. The summed E-state index contributed by atoms with van der Waals surface area (Å²) in [5.74, 6) is 0.133.